The highest BCUT2D eigenvalue weighted by molar-refractivity contribution is 5.86. The van der Waals surface area contributed by atoms with E-state index in [0.717, 1.165) is 74.4 Å². The van der Waals surface area contributed by atoms with Crippen LogP contribution in [0.4, 0.5) is 22.7 Å². The number of nitrogens with zero attached hydrogens (tertiary/aromatic N) is 4. The monoisotopic (exact) mass is 601 g/mol. The van der Waals surface area contributed by atoms with Gasteiger partial charge in [-0.2, -0.15) is 0 Å². The first-order valence-electron chi connectivity index (χ1n) is 13.4. The van der Waals surface area contributed by atoms with Crippen molar-refractivity contribution in [3.05, 3.63) is 82.8 Å². The van der Waals surface area contributed by atoms with Crippen LogP contribution in [0.5, 0.6) is 11.5 Å². The molecule has 2 atom stereocenters. The van der Waals surface area contributed by atoms with E-state index in [0.29, 0.717) is 6.42 Å². The van der Waals surface area contributed by atoms with Crippen molar-refractivity contribution < 1.29 is 38.8 Å². The highest BCUT2D eigenvalue weighted by atomic mass is 16.6. The van der Waals surface area contributed by atoms with Gasteiger partial charge in [-0.3, -0.25) is 50.0 Å². The Morgan fingerprint density at radius 3 is 1.63 bits per heavy atom. The summed E-state index contributed by atoms with van der Waals surface area (Å²) in [6, 6.07) is 5.60. The lowest BCUT2D eigenvalue weighted by Gasteiger charge is -2.27. The number of hydrogen-bond acceptors (Lipinski definition) is 12. The van der Waals surface area contributed by atoms with Crippen molar-refractivity contribution in [1.82, 2.24) is 0 Å². The van der Waals surface area contributed by atoms with Crippen LogP contribution in [-0.2, 0) is 9.59 Å². The van der Waals surface area contributed by atoms with Crippen LogP contribution in [0.3, 0.4) is 0 Å². The SMILES string of the molecule is CC(CC(C[C]1CCCCC1)C(=O)COc1ccc([N+](=O)[O-])cc1[N+](=O)[O-])C(=O)COc1ccc([N+](=O)[O-])cc1[N+](=O)[O-]. The van der Waals surface area contributed by atoms with Gasteiger partial charge in [-0.15, -0.1) is 0 Å². The van der Waals surface area contributed by atoms with Crippen LogP contribution in [0.15, 0.2) is 36.4 Å². The van der Waals surface area contributed by atoms with Crippen molar-refractivity contribution >= 4 is 34.3 Å². The zero-order valence-electron chi connectivity index (χ0n) is 23.2. The molecule has 229 valence electrons. The van der Waals surface area contributed by atoms with Crippen molar-refractivity contribution in [1.29, 1.82) is 0 Å². The Kier molecular flexibility index (Phi) is 11.1. The first-order valence-corrected chi connectivity index (χ1v) is 13.4. The summed E-state index contributed by atoms with van der Waals surface area (Å²) >= 11 is 0. The molecule has 0 heterocycles. The molecule has 0 spiro atoms. The van der Waals surface area contributed by atoms with Crippen LogP contribution < -0.4 is 9.47 Å². The topological polar surface area (TPSA) is 225 Å². The standard InChI is InChI=1S/C27H29N4O12/c1-17(24(32)15-42-26-9-7-20(28(34)35)13-22(26)30(38)39)11-19(12-18-5-3-2-4-6-18)25(33)16-43-27-10-8-21(29(36)37)14-23(27)31(40)41/h7-10,13-14,17,19H,2-6,11-12,15-16H2,1H3. The van der Waals surface area contributed by atoms with E-state index in [2.05, 4.69) is 0 Å². The number of carbonyl (C=O) groups is 2. The minimum absolute atomic E-state index is 0.0819. The smallest absolute Gasteiger partial charge is 0.317 e. The van der Waals surface area contributed by atoms with Crippen molar-refractivity contribution in [3.63, 3.8) is 0 Å². The maximum atomic E-state index is 13.3. The molecule has 2 aromatic carbocycles. The van der Waals surface area contributed by atoms with Crippen molar-refractivity contribution in [3.8, 4) is 11.5 Å². The van der Waals surface area contributed by atoms with Gasteiger partial charge in [0.1, 0.15) is 13.2 Å². The molecular formula is C27H29N4O12. The summed E-state index contributed by atoms with van der Waals surface area (Å²) in [5.74, 6) is -1.77. The van der Waals surface area contributed by atoms with Crippen LogP contribution in [-0.4, -0.2) is 44.5 Å². The molecule has 2 unspecified atom stereocenters. The highest BCUT2D eigenvalue weighted by Crippen LogP contribution is 2.35. The van der Waals surface area contributed by atoms with Gasteiger partial charge in [0.25, 0.3) is 11.4 Å². The highest BCUT2D eigenvalue weighted by Gasteiger charge is 2.30. The number of non-ortho nitro benzene ring substituents is 2. The van der Waals surface area contributed by atoms with Crippen LogP contribution in [0.2, 0.25) is 0 Å². The molecule has 0 bridgehead atoms. The summed E-state index contributed by atoms with van der Waals surface area (Å²) in [6.07, 6.45) is 5.13. The van der Waals surface area contributed by atoms with E-state index in [4.69, 9.17) is 9.47 Å². The average Bonchev–Trinajstić information content (AvgIpc) is 2.98. The summed E-state index contributed by atoms with van der Waals surface area (Å²) in [7, 11) is 0. The molecule has 0 aromatic heterocycles. The molecule has 1 saturated carbocycles. The fourth-order valence-electron chi connectivity index (χ4n) is 4.82. The number of Topliss-reactive ketones (excluding diaryl/α,β-unsaturated/α-hetero) is 2. The van der Waals surface area contributed by atoms with Crippen LogP contribution in [0, 0.1) is 58.2 Å². The van der Waals surface area contributed by atoms with Crippen LogP contribution >= 0.6 is 0 Å². The number of ether oxygens (including phenoxy) is 2. The van der Waals surface area contributed by atoms with Crippen molar-refractivity contribution in [2.75, 3.05) is 13.2 Å². The third-order valence-electron chi connectivity index (χ3n) is 7.18. The normalized spacial score (nSPS) is 14.7. The van der Waals surface area contributed by atoms with Crippen molar-refractivity contribution in [2.45, 2.75) is 51.9 Å². The summed E-state index contributed by atoms with van der Waals surface area (Å²) in [5, 5.41) is 44.7. The van der Waals surface area contributed by atoms with E-state index >= 15 is 0 Å². The van der Waals surface area contributed by atoms with E-state index < -0.39 is 79.1 Å². The molecule has 0 N–H and O–H groups in total. The Labute approximate surface area is 244 Å². The van der Waals surface area contributed by atoms with E-state index in [1.807, 2.05) is 0 Å². The summed E-state index contributed by atoms with van der Waals surface area (Å²) in [4.78, 5) is 67.7. The first-order chi connectivity index (χ1) is 20.4. The summed E-state index contributed by atoms with van der Waals surface area (Å²) in [5.41, 5.74) is -2.36. The lowest BCUT2D eigenvalue weighted by atomic mass is 9.78. The summed E-state index contributed by atoms with van der Waals surface area (Å²) in [6.45, 7) is 0.426. The van der Waals surface area contributed by atoms with Gasteiger partial charge in [0, 0.05) is 24.0 Å². The van der Waals surface area contributed by atoms with Gasteiger partial charge < -0.3 is 9.47 Å². The molecule has 1 fully saturated rings. The second kappa shape index (κ2) is 14.7. The predicted octanol–water partition coefficient (Wildman–Crippen LogP) is 5.49. The number of carbonyl (C=O) groups excluding carboxylic acids is 2. The molecule has 1 aliphatic rings. The fourth-order valence-corrected chi connectivity index (χ4v) is 4.82. The van der Waals surface area contributed by atoms with Crippen molar-refractivity contribution in [2.24, 2.45) is 11.8 Å². The number of nitro groups is 4. The fraction of sp³-hybridized carbons (Fsp3) is 0.444. The Hall–Kier alpha value is -5.02. The quantitative estimate of drug-likeness (QED) is 0.172. The number of nitro benzene ring substituents is 4. The van der Waals surface area contributed by atoms with Gasteiger partial charge in [0.2, 0.25) is 0 Å². The molecule has 0 aliphatic heterocycles. The lowest BCUT2D eigenvalue weighted by Crippen LogP contribution is -2.29. The molecule has 3 rings (SSSR count). The number of benzene rings is 2. The average molecular weight is 602 g/mol. The van der Waals surface area contributed by atoms with E-state index in [1.54, 1.807) is 6.92 Å². The minimum atomic E-state index is -0.860. The Morgan fingerprint density at radius 1 is 0.721 bits per heavy atom. The maximum Gasteiger partial charge on any atom is 0.317 e. The molecule has 1 radical (unpaired) electrons. The summed E-state index contributed by atoms with van der Waals surface area (Å²) < 4.78 is 10.8. The van der Waals surface area contributed by atoms with Gasteiger partial charge in [-0.1, -0.05) is 26.2 Å². The first kappa shape index (κ1) is 32.5. The minimum Gasteiger partial charge on any atom is -0.479 e. The molecule has 1 aliphatic carbocycles. The van der Waals surface area contributed by atoms with Gasteiger partial charge in [-0.05, 0) is 43.7 Å². The predicted molar refractivity (Wildman–Crippen MR) is 149 cm³/mol. The number of ketones is 2. The van der Waals surface area contributed by atoms with Crippen LogP contribution in [0.1, 0.15) is 51.9 Å². The van der Waals surface area contributed by atoms with Crippen LogP contribution in [0.25, 0.3) is 0 Å². The third-order valence-corrected chi connectivity index (χ3v) is 7.18. The molecule has 0 saturated heterocycles. The molecule has 0 amide bonds. The Balaban J connectivity index is 1.70. The molecule has 2 aromatic rings. The largest absolute Gasteiger partial charge is 0.479 e. The molecular weight excluding hydrogens is 572 g/mol. The second-order valence-corrected chi connectivity index (χ2v) is 10.2. The van der Waals surface area contributed by atoms with Gasteiger partial charge in [0.15, 0.2) is 23.1 Å². The number of hydrogen-bond donors (Lipinski definition) is 0. The van der Waals surface area contributed by atoms with Gasteiger partial charge in [0.05, 0.1) is 31.8 Å². The Bertz CT molecular complexity index is 1410. The number of rotatable bonds is 16. The van der Waals surface area contributed by atoms with E-state index in [1.165, 1.54) is 0 Å². The van der Waals surface area contributed by atoms with Gasteiger partial charge in [-0.25, -0.2) is 0 Å². The molecule has 43 heavy (non-hydrogen) atoms. The lowest BCUT2D eigenvalue weighted by molar-refractivity contribution is -0.395. The second-order valence-electron chi connectivity index (χ2n) is 10.2. The molecule has 16 nitrogen and oxygen atoms in total. The maximum absolute atomic E-state index is 13.3. The zero-order chi connectivity index (χ0) is 31.7. The van der Waals surface area contributed by atoms with Gasteiger partial charge >= 0.3 is 11.4 Å². The Morgan fingerprint density at radius 2 is 1.19 bits per heavy atom. The van der Waals surface area contributed by atoms with E-state index in [-0.39, 0.29) is 17.9 Å². The third kappa shape index (κ3) is 8.98. The van der Waals surface area contributed by atoms with E-state index in [9.17, 15) is 50.0 Å². The zero-order valence-corrected chi connectivity index (χ0v) is 23.2. The molecule has 16 heteroatoms.